The van der Waals surface area contributed by atoms with Crippen LogP contribution in [0.2, 0.25) is 0 Å². The zero-order chi connectivity index (χ0) is 50.1. The molecule has 0 nitrogen and oxygen atoms in total. The lowest BCUT2D eigenvalue weighted by Crippen LogP contribution is -1.57. The maximum Gasteiger partial charge on any atom is 0.125 e. The monoisotopic (exact) mass is 849 g/mol. The summed E-state index contributed by atoms with van der Waals surface area (Å²) < 4.78 is 6.58. The van der Waals surface area contributed by atoms with Crippen LogP contribution in [0.4, 0.5) is 0 Å². The molecule has 0 aromatic carbocycles. The molecule has 0 aliphatic heterocycles. The van der Waals surface area contributed by atoms with Crippen LogP contribution in [0.1, 0.15) is 15.7 Å². The van der Waals surface area contributed by atoms with Crippen LogP contribution in [-0.4, -0.2) is 0 Å². The largest absolute Gasteiger partial charge is 0.125 e. The third-order valence-corrected chi connectivity index (χ3v) is 4.19. The summed E-state index contributed by atoms with van der Waals surface area (Å²) in [6.07, 6.45) is 1.88. The zero-order valence-corrected chi connectivity index (χ0v) is 35.0. The van der Waals surface area contributed by atoms with E-state index in [0.29, 0.717) is 0 Å². The van der Waals surface area contributed by atoms with Crippen LogP contribution in [-0.2, 0) is 0 Å². The van der Waals surface area contributed by atoms with Gasteiger partial charge in [0.15, 0.2) is 0 Å². The molecule has 0 aliphatic carbocycles. The number of rotatable bonds is 0. The van der Waals surface area contributed by atoms with Gasteiger partial charge in [0.1, 0.15) is 1.37 Å². The third-order valence-electron chi connectivity index (χ3n) is 4.19. The maximum atomic E-state index is 6.58. The van der Waals surface area contributed by atoms with Gasteiger partial charge in [-0.2, -0.15) is 0 Å². The van der Waals surface area contributed by atoms with Crippen LogP contribution in [0.25, 0.3) is 0 Å². The SMILES string of the molecule is C.[2H]C#CC#CC#CC#CC#CC#CC#CC#CC#CC#CC#CC#CC#CC#CC#CC#CC#CC#CC#CC#CC#CC#CC#CC#CC#CC#CC#CC#CC#CC#CC#CC#CC#CC#CC. The fraction of sp³-hybridized carbons (Fsp3) is 0.0286. The molecular weight excluding hydrogens is 841 g/mol. The highest BCUT2D eigenvalue weighted by atomic mass is 13.6. The van der Waals surface area contributed by atoms with Crippen LogP contribution in [0.3, 0.4) is 0 Å². The Bertz CT molecular complexity index is 4270. The molecule has 0 spiro atoms. The van der Waals surface area contributed by atoms with Crippen molar-refractivity contribution >= 4 is 0 Å². The molecule has 0 aromatic rings. The fourth-order valence-electron chi connectivity index (χ4n) is 2.06. The lowest BCUT2D eigenvalue weighted by Gasteiger charge is -1.57. The minimum absolute atomic E-state index is 0. The lowest BCUT2D eigenvalue weighted by molar-refractivity contribution is 1.92. The van der Waals surface area contributed by atoms with E-state index in [1.807, 2.05) is 6.40 Å². The Hall–Kier alpha value is -15.0. The van der Waals surface area contributed by atoms with Crippen LogP contribution >= 0.6 is 0 Å². The van der Waals surface area contributed by atoms with Gasteiger partial charge in [0.2, 0.25) is 0 Å². The first kappa shape index (κ1) is 55.0. The third kappa shape index (κ3) is 55.1. The molecule has 0 aliphatic rings. The summed E-state index contributed by atoms with van der Waals surface area (Å²) in [6.45, 7) is 1.68. The second kappa shape index (κ2) is 56.1. The minimum atomic E-state index is 0. The van der Waals surface area contributed by atoms with E-state index in [0.717, 1.165) is 0 Å². The van der Waals surface area contributed by atoms with Crippen molar-refractivity contribution in [3.8, 4) is 403 Å². The predicted molar refractivity (Wildman–Crippen MR) is 278 cm³/mol. The molecule has 0 heteroatoms. The Morgan fingerprint density at radius 1 is 0.157 bits per heavy atom. The van der Waals surface area contributed by atoms with Gasteiger partial charge in [-0.15, -0.1) is 6.40 Å². The molecule has 0 bridgehead atoms. The Morgan fingerprint density at radius 3 is 0.329 bits per heavy atom. The minimum Gasteiger partial charge on any atom is -0.106 e. The first-order valence-electron chi connectivity index (χ1n) is 17.8. The quantitative estimate of drug-likeness (QED) is 0.324. The van der Waals surface area contributed by atoms with Crippen LogP contribution < -0.4 is 0 Å². The van der Waals surface area contributed by atoms with E-state index in [2.05, 4.69) is 397 Å². The zero-order valence-electron chi connectivity index (χ0n) is 36.0. The highest BCUT2D eigenvalue weighted by Gasteiger charge is 1.64. The van der Waals surface area contributed by atoms with Crippen molar-refractivity contribution in [3.63, 3.8) is 0 Å². The van der Waals surface area contributed by atoms with Gasteiger partial charge in [-0.3, -0.25) is 0 Å². The van der Waals surface area contributed by atoms with Crippen molar-refractivity contribution in [1.29, 1.82) is 0 Å². The Labute approximate surface area is 416 Å². The molecule has 0 aromatic heterocycles. The lowest BCUT2D eigenvalue weighted by atomic mass is 10.4. The summed E-state index contributed by atoms with van der Waals surface area (Å²) in [5, 5.41) is 0. The van der Waals surface area contributed by atoms with Crippen molar-refractivity contribution in [3.05, 3.63) is 0 Å². The van der Waals surface area contributed by atoms with Gasteiger partial charge in [0.05, 0.1) is 0 Å². The maximum absolute atomic E-state index is 6.58. The van der Waals surface area contributed by atoms with Gasteiger partial charge in [0.25, 0.3) is 0 Å². The second-order valence-corrected chi connectivity index (χ2v) is 8.50. The summed E-state index contributed by atoms with van der Waals surface area (Å²) in [6, 6.07) is 0. The topological polar surface area (TPSA) is 0 Å². The molecule has 0 saturated carbocycles. The van der Waals surface area contributed by atoms with Crippen molar-refractivity contribution in [2.24, 2.45) is 0 Å². The molecule has 0 N–H and O–H groups in total. The van der Waals surface area contributed by atoms with Crippen LogP contribution in [0.5, 0.6) is 0 Å². The van der Waals surface area contributed by atoms with Gasteiger partial charge < -0.3 is 0 Å². The van der Waals surface area contributed by atoms with Gasteiger partial charge in [-0.05, 0) is 102 Å². The Morgan fingerprint density at radius 2 is 0.243 bits per heavy atom. The van der Waals surface area contributed by atoms with Crippen LogP contribution in [0, 0.1) is 403 Å². The average Bonchev–Trinajstić information content (AvgIpc) is 3.37. The molecule has 0 radical (unpaired) electrons. The fourth-order valence-corrected chi connectivity index (χ4v) is 2.06. The van der Waals surface area contributed by atoms with Gasteiger partial charge in [0, 0.05) is 296 Å². The first-order chi connectivity index (χ1) is 34.9. The molecule has 288 valence electrons. The van der Waals surface area contributed by atoms with E-state index in [1.165, 1.54) is 0 Å². The van der Waals surface area contributed by atoms with E-state index in [4.69, 9.17) is 1.37 Å². The smallest absolute Gasteiger partial charge is 0.106 e. The molecule has 0 unspecified atom stereocenters. The summed E-state index contributed by atoms with van der Waals surface area (Å²) in [5.74, 6) is 167. The van der Waals surface area contributed by atoms with Crippen LogP contribution in [0.15, 0.2) is 0 Å². The molecule has 0 fully saturated rings. The average molecular weight is 850 g/mol. The van der Waals surface area contributed by atoms with Crippen molar-refractivity contribution in [1.82, 2.24) is 0 Å². The standard InChI is InChI=1S/C69H4.CH4/c1-3-5-7-9-11-13-15-17-19-21-23-25-27-29-31-33-35-37-39-41-43-45-47-49-51-53-55-57-59-61-63-65-67-69-68-66-64-62-60-58-56-54-52-50-48-46-44-42-40-38-36-34-32-30-28-26-24-22-20-18-16-14-12-10-8-6-4-2;/h1H,2H3;1H4/i1D;. The van der Waals surface area contributed by atoms with Gasteiger partial charge in [-0.25, -0.2) is 0 Å². The van der Waals surface area contributed by atoms with E-state index >= 15 is 0 Å². The summed E-state index contributed by atoms with van der Waals surface area (Å²) >= 11 is 0. The van der Waals surface area contributed by atoms with Crippen molar-refractivity contribution in [2.75, 3.05) is 0 Å². The highest BCUT2D eigenvalue weighted by Crippen LogP contribution is 1.64. The number of hydrogen-bond acceptors (Lipinski definition) is 0. The number of terminal acetylenes is 1. The summed E-state index contributed by atoms with van der Waals surface area (Å²) in [5.41, 5.74) is 0. The summed E-state index contributed by atoms with van der Waals surface area (Å²) in [7, 11) is 0. The van der Waals surface area contributed by atoms with Gasteiger partial charge >= 0.3 is 0 Å². The predicted octanol–water partition coefficient (Wildman–Crippen LogP) is 1.39. The Kier molecular flexibility index (Phi) is 44.1. The van der Waals surface area contributed by atoms with E-state index < -0.39 is 0 Å². The normalized spacial score (nSPS) is 3.99. The first-order valence-corrected chi connectivity index (χ1v) is 17.2. The molecular formula is C70H8. The second-order valence-electron chi connectivity index (χ2n) is 8.50. The number of hydrogen-bond donors (Lipinski definition) is 0. The van der Waals surface area contributed by atoms with E-state index in [9.17, 15) is 0 Å². The molecule has 0 rings (SSSR count). The molecule has 0 atom stereocenters. The van der Waals surface area contributed by atoms with E-state index in [-0.39, 0.29) is 7.43 Å². The Balaban J connectivity index is 0. The molecule has 0 saturated heterocycles. The van der Waals surface area contributed by atoms with E-state index in [1.54, 1.807) is 6.92 Å². The van der Waals surface area contributed by atoms with Gasteiger partial charge in [-0.1, -0.05) is 13.3 Å². The molecule has 70 heavy (non-hydrogen) atoms. The molecule has 0 heterocycles. The molecule has 0 amide bonds. The highest BCUT2D eigenvalue weighted by molar-refractivity contribution is 5.52. The van der Waals surface area contributed by atoms with Crippen molar-refractivity contribution < 1.29 is 1.37 Å². The van der Waals surface area contributed by atoms with Crippen molar-refractivity contribution in [2.45, 2.75) is 14.4 Å². The summed E-state index contributed by atoms with van der Waals surface area (Å²) in [4.78, 5) is 0.